The van der Waals surface area contributed by atoms with Crippen LogP contribution >= 0.6 is 11.3 Å². The van der Waals surface area contributed by atoms with Crippen molar-refractivity contribution in [1.82, 2.24) is 10.3 Å². The molecule has 0 saturated carbocycles. The van der Waals surface area contributed by atoms with Crippen LogP contribution in [-0.4, -0.2) is 17.4 Å². The molecule has 1 aromatic carbocycles. The predicted octanol–water partition coefficient (Wildman–Crippen LogP) is 4.71. The van der Waals surface area contributed by atoms with E-state index in [4.69, 9.17) is 0 Å². The molecule has 1 aromatic heterocycles. The molecule has 0 aliphatic heterocycles. The summed E-state index contributed by atoms with van der Waals surface area (Å²) in [6.07, 6.45) is 8.40. The van der Waals surface area contributed by atoms with Crippen molar-refractivity contribution in [2.75, 3.05) is 6.54 Å². The van der Waals surface area contributed by atoms with Gasteiger partial charge in [0.15, 0.2) is 0 Å². The maximum atomic E-state index is 11.7. The molecular weight excluding hydrogens is 292 g/mol. The van der Waals surface area contributed by atoms with E-state index in [1.54, 1.807) is 11.3 Å². The third kappa shape index (κ3) is 5.76. The van der Waals surface area contributed by atoms with Crippen LogP contribution in [0.25, 0.3) is 10.2 Å². The van der Waals surface area contributed by atoms with Crippen LogP contribution in [0, 0.1) is 0 Å². The lowest BCUT2D eigenvalue weighted by Gasteiger charge is -2.04. The Hall–Kier alpha value is -1.42. The third-order valence-electron chi connectivity index (χ3n) is 3.74. The number of fused-ring (bicyclic) bond motifs is 1. The van der Waals surface area contributed by atoms with Crippen LogP contribution in [-0.2, 0) is 11.2 Å². The molecule has 0 spiro atoms. The van der Waals surface area contributed by atoms with Gasteiger partial charge in [0.25, 0.3) is 0 Å². The number of thiazole rings is 1. The summed E-state index contributed by atoms with van der Waals surface area (Å²) < 4.78 is 1.25. The van der Waals surface area contributed by atoms with Gasteiger partial charge in [-0.3, -0.25) is 4.79 Å². The summed E-state index contributed by atoms with van der Waals surface area (Å²) >= 11 is 1.77. The number of nitrogens with one attached hydrogen (secondary N) is 1. The highest BCUT2D eigenvalue weighted by Gasteiger charge is 2.04. The van der Waals surface area contributed by atoms with Crippen LogP contribution in [0.1, 0.15) is 56.9 Å². The van der Waals surface area contributed by atoms with Crippen LogP contribution in [0.4, 0.5) is 0 Å². The lowest BCUT2D eigenvalue weighted by atomic mass is 10.2. The fourth-order valence-electron chi connectivity index (χ4n) is 2.46. The van der Waals surface area contributed by atoms with E-state index in [-0.39, 0.29) is 5.91 Å². The molecule has 22 heavy (non-hydrogen) atoms. The van der Waals surface area contributed by atoms with E-state index < -0.39 is 0 Å². The predicted molar refractivity (Wildman–Crippen MR) is 94.3 cm³/mol. The molecule has 0 atom stereocenters. The highest BCUT2D eigenvalue weighted by Crippen LogP contribution is 2.22. The first kappa shape index (κ1) is 16.9. The molecule has 120 valence electrons. The van der Waals surface area contributed by atoms with Gasteiger partial charge in [-0.05, 0) is 37.8 Å². The SMILES string of the molecule is CCCCCCNC(=O)CCCCc1nc2ccccc2s1. The van der Waals surface area contributed by atoms with E-state index >= 15 is 0 Å². The molecule has 2 rings (SSSR count). The molecule has 0 fully saturated rings. The third-order valence-corrected chi connectivity index (χ3v) is 4.83. The fraction of sp³-hybridized carbons (Fsp3) is 0.556. The van der Waals surface area contributed by atoms with Crippen LogP contribution in [0.5, 0.6) is 0 Å². The summed E-state index contributed by atoms with van der Waals surface area (Å²) in [5, 5.41) is 4.19. The van der Waals surface area contributed by atoms with Crippen molar-refractivity contribution in [1.29, 1.82) is 0 Å². The van der Waals surface area contributed by atoms with Gasteiger partial charge in [0.1, 0.15) is 0 Å². The average Bonchev–Trinajstić information content (AvgIpc) is 2.94. The van der Waals surface area contributed by atoms with Crippen molar-refractivity contribution in [3.05, 3.63) is 29.3 Å². The summed E-state index contributed by atoms with van der Waals surface area (Å²) in [5.74, 6) is 0.195. The van der Waals surface area contributed by atoms with E-state index in [0.717, 1.165) is 37.7 Å². The van der Waals surface area contributed by atoms with Gasteiger partial charge in [-0.15, -0.1) is 11.3 Å². The largest absolute Gasteiger partial charge is 0.356 e. The van der Waals surface area contributed by atoms with Gasteiger partial charge < -0.3 is 5.32 Å². The zero-order chi connectivity index (χ0) is 15.6. The zero-order valence-corrected chi connectivity index (χ0v) is 14.3. The molecule has 1 heterocycles. The lowest BCUT2D eigenvalue weighted by molar-refractivity contribution is -0.121. The number of carbonyl (C=O) groups excluding carboxylic acids is 1. The Bertz CT molecular complexity index is 546. The smallest absolute Gasteiger partial charge is 0.219 e. The highest BCUT2D eigenvalue weighted by molar-refractivity contribution is 7.18. The van der Waals surface area contributed by atoms with Crippen LogP contribution < -0.4 is 5.32 Å². The zero-order valence-electron chi connectivity index (χ0n) is 13.4. The van der Waals surface area contributed by atoms with E-state index in [9.17, 15) is 4.79 Å². The van der Waals surface area contributed by atoms with Crippen molar-refractivity contribution < 1.29 is 4.79 Å². The molecule has 3 nitrogen and oxygen atoms in total. The molecule has 1 amide bonds. The van der Waals surface area contributed by atoms with E-state index in [0.29, 0.717) is 6.42 Å². The molecule has 0 aliphatic rings. The van der Waals surface area contributed by atoms with E-state index in [1.807, 2.05) is 6.07 Å². The second-order valence-corrected chi connectivity index (χ2v) is 6.81. The van der Waals surface area contributed by atoms with E-state index in [1.165, 1.54) is 29.0 Å². The molecule has 0 unspecified atom stereocenters. The number of para-hydroxylation sites is 1. The molecule has 0 aliphatic carbocycles. The van der Waals surface area contributed by atoms with Gasteiger partial charge in [-0.25, -0.2) is 4.98 Å². The minimum Gasteiger partial charge on any atom is -0.356 e. The van der Waals surface area contributed by atoms with E-state index in [2.05, 4.69) is 35.4 Å². The molecular formula is C18H26N2OS. The standard InChI is InChI=1S/C18H26N2OS/c1-2-3-4-9-14-19-17(21)12-7-8-13-18-20-15-10-5-6-11-16(15)22-18/h5-6,10-11H,2-4,7-9,12-14H2,1H3,(H,19,21). The van der Waals surface area contributed by atoms with Gasteiger partial charge in [0.2, 0.25) is 5.91 Å². The van der Waals surface area contributed by atoms with Crippen molar-refractivity contribution >= 4 is 27.5 Å². The summed E-state index contributed by atoms with van der Waals surface area (Å²) in [5.41, 5.74) is 1.09. The van der Waals surface area contributed by atoms with Crippen molar-refractivity contribution in [3.63, 3.8) is 0 Å². The average molecular weight is 318 g/mol. The maximum absolute atomic E-state index is 11.7. The summed E-state index contributed by atoms with van der Waals surface area (Å²) in [6.45, 7) is 3.03. The Balaban J connectivity index is 1.57. The molecule has 2 aromatic rings. The second kappa shape index (κ2) is 9.57. The highest BCUT2D eigenvalue weighted by atomic mass is 32.1. The number of hydrogen-bond donors (Lipinski definition) is 1. The maximum Gasteiger partial charge on any atom is 0.219 e. The Morgan fingerprint density at radius 3 is 2.82 bits per heavy atom. The lowest BCUT2D eigenvalue weighted by Crippen LogP contribution is -2.23. The minimum absolute atomic E-state index is 0.195. The normalized spacial score (nSPS) is 11.0. The monoisotopic (exact) mass is 318 g/mol. The van der Waals surface area contributed by atoms with Crippen LogP contribution in [0.3, 0.4) is 0 Å². The fourth-order valence-corrected chi connectivity index (χ4v) is 3.47. The van der Waals surface area contributed by atoms with Crippen LogP contribution in [0.2, 0.25) is 0 Å². The van der Waals surface area contributed by atoms with Crippen molar-refractivity contribution in [2.24, 2.45) is 0 Å². The Morgan fingerprint density at radius 2 is 2.00 bits per heavy atom. The van der Waals surface area contributed by atoms with Crippen LogP contribution in [0.15, 0.2) is 24.3 Å². The first-order valence-corrected chi connectivity index (χ1v) is 9.22. The molecule has 0 bridgehead atoms. The number of benzene rings is 1. The number of unbranched alkanes of at least 4 members (excludes halogenated alkanes) is 4. The number of nitrogens with zero attached hydrogens (tertiary/aromatic N) is 1. The first-order chi connectivity index (χ1) is 10.8. The quantitative estimate of drug-likeness (QED) is 0.645. The van der Waals surface area contributed by atoms with Crippen molar-refractivity contribution in [2.45, 2.75) is 58.3 Å². The number of rotatable bonds is 10. The number of aryl methyl sites for hydroxylation is 1. The second-order valence-electron chi connectivity index (χ2n) is 5.69. The van der Waals surface area contributed by atoms with Gasteiger partial charge in [-0.1, -0.05) is 38.3 Å². The van der Waals surface area contributed by atoms with Gasteiger partial charge in [-0.2, -0.15) is 0 Å². The topological polar surface area (TPSA) is 42.0 Å². The summed E-state index contributed by atoms with van der Waals surface area (Å²) in [7, 11) is 0. The van der Waals surface area contributed by atoms with Gasteiger partial charge in [0, 0.05) is 13.0 Å². The number of amides is 1. The Morgan fingerprint density at radius 1 is 1.14 bits per heavy atom. The van der Waals surface area contributed by atoms with Gasteiger partial charge >= 0.3 is 0 Å². The van der Waals surface area contributed by atoms with Crippen molar-refractivity contribution in [3.8, 4) is 0 Å². The molecule has 1 N–H and O–H groups in total. The molecule has 0 saturated heterocycles. The number of aromatic nitrogens is 1. The summed E-state index contributed by atoms with van der Waals surface area (Å²) in [4.78, 5) is 16.3. The molecule has 4 heteroatoms. The number of carbonyl (C=O) groups is 1. The summed E-state index contributed by atoms with van der Waals surface area (Å²) in [6, 6.07) is 8.25. The first-order valence-electron chi connectivity index (χ1n) is 8.40. The Labute approximate surface area is 137 Å². The molecule has 0 radical (unpaired) electrons. The number of hydrogen-bond acceptors (Lipinski definition) is 3. The van der Waals surface area contributed by atoms with Gasteiger partial charge in [0.05, 0.1) is 15.2 Å². The minimum atomic E-state index is 0.195. The Kier molecular flexibility index (Phi) is 7.37.